The molecule has 146 valence electrons. The lowest BCUT2D eigenvalue weighted by molar-refractivity contribution is 0.0946. The van der Waals surface area contributed by atoms with Gasteiger partial charge in [-0.3, -0.25) is 4.79 Å². The molecule has 0 spiro atoms. The van der Waals surface area contributed by atoms with Gasteiger partial charge in [-0.1, -0.05) is 45.0 Å². The largest absolute Gasteiger partial charge is 0.491 e. The van der Waals surface area contributed by atoms with Crippen molar-refractivity contribution in [3.05, 3.63) is 59.7 Å². The lowest BCUT2D eigenvalue weighted by Crippen LogP contribution is -2.28. The summed E-state index contributed by atoms with van der Waals surface area (Å²) < 4.78 is 31.7. The summed E-state index contributed by atoms with van der Waals surface area (Å²) in [5.74, 6) is 0.442. The molecule has 0 atom stereocenters. The number of hydrogen-bond acceptors (Lipinski definition) is 4. The van der Waals surface area contributed by atoms with Gasteiger partial charge in [-0.15, -0.1) is 0 Å². The van der Waals surface area contributed by atoms with Gasteiger partial charge in [0.05, 0.1) is 11.4 Å². The van der Waals surface area contributed by atoms with Crippen LogP contribution < -0.4 is 14.8 Å². The van der Waals surface area contributed by atoms with E-state index in [0.717, 1.165) is 11.3 Å². The van der Waals surface area contributed by atoms with Crippen molar-refractivity contribution in [1.82, 2.24) is 10.0 Å². The quantitative estimate of drug-likeness (QED) is 0.712. The van der Waals surface area contributed by atoms with Crippen molar-refractivity contribution in [1.29, 1.82) is 0 Å². The number of sulfonamides is 1. The predicted octanol–water partition coefficient (Wildman–Crippen LogP) is 2.70. The highest BCUT2D eigenvalue weighted by molar-refractivity contribution is 7.89. The molecule has 0 aliphatic heterocycles. The highest BCUT2D eigenvalue weighted by atomic mass is 32.2. The molecule has 0 heterocycles. The van der Waals surface area contributed by atoms with Crippen molar-refractivity contribution in [2.24, 2.45) is 0 Å². The van der Waals surface area contributed by atoms with Crippen LogP contribution in [0.25, 0.3) is 0 Å². The molecule has 0 fully saturated rings. The van der Waals surface area contributed by atoms with Crippen LogP contribution in [0.3, 0.4) is 0 Å². The number of carbonyl (C=O) groups is 1. The molecule has 6 nitrogen and oxygen atoms in total. The maximum absolute atomic E-state index is 12.3. The van der Waals surface area contributed by atoms with Crippen LogP contribution >= 0.6 is 0 Å². The fraction of sp³-hybridized carbons (Fsp3) is 0.350. The molecule has 0 aliphatic rings. The third-order valence-corrected chi connectivity index (χ3v) is 5.43. The van der Waals surface area contributed by atoms with Crippen molar-refractivity contribution in [2.75, 3.05) is 20.2 Å². The van der Waals surface area contributed by atoms with E-state index in [2.05, 4.69) is 30.8 Å². The van der Waals surface area contributed by atoms with Gasteiger partial charge in [0.25, 0.3) is 5.91 Å². The van der Waals surface area contributed by atoms with Crippen LogP contribution in [0.15, 0.2) is 53.4 Å². The lowest BCUT2D eigenvalue weighted by atomic mass is 9.86. The highest BCUT2D eigenvalue weighted by Crippen LogP contribution is 2.30. The van der Waals surface area contributed by atoms with Crippen LogP contribution in [0.5, 0.6) is 5.75 Å². The number of benzene rings is 2. The summed E-state index contributed by atoms with van der Waals surface area (Å²) in [4.78, 5) is 12.3. The van der Waals surface area contributed by atoms with E-state index in [1.54, 1.807) is 6.07 Å². The summed E-state index contributed by atoms with van der Waals surface area (Å²) in [7, 11) is -2.26. The van der Waals surface area contributed by atoms with E-state index in [4.69, 9.17) is 4.74 Å². The number of para-hydroxylation sites is 1. The molecule has 1 amide bonds. The predicted molar refractivity (Wildman–Crippen MR) is 106 cm³/mol. The molecule has 2 rings (SSSR count). The van der Waals surface area contributed by atoms with Gasteiger partial charge in [0.1, 0.15) is 12.4 Å². The molecule has 27 heavy (non-hydrogen) atoms. The van der Waals surface area contributed by atoms with E-state index in [1.165, 1.54) is 25.2 Å². The van der Waals surface area contributed by atoms with Crippen molar-refractivity contribution >= 4 is 15.9 Å². The Morgan fingerprint density at radius 1 is 1.07 bits per heavy atom. The Morgan fingerprint density at radius 2 is 1.78 bits per heavy atom. The topological polar surface area (TPSA) is 84.5 Å². The molecule has 2 aromatic carbocycles. The zero-order chi connectivity index (χ0) is 20.1. The first-order chi connectivity index (χ1) is 12.6. The third-order valence-electron chi connectivity index (χ3n) is 4.02. The Labute approximate surface area is 161 Å². The van der Waals surface area contributed by atoms with E-state index in [9.17, 15) is 13.2 Å². The summed E-state index contributed by atoms with van der Waals surface area (Å²) in [6.45, 7) is 6.96. The first-order valence-electron chi connectivity index (χ1n) is 8.69. The van der Waals surface area contributed by atoms with E-state index >= 15 is 0 Å². The van der Waals surface area contributed by atoms with Gasteiger partial charge >= 0.3 is 0 Å². The Morgan fingerprint density at radius 3 is 2.44 bits per heavy atom. The van der Waals surface area contributed by atoms with Crippen molar-refractivity contribution in [3.8, 4) is 5.75 Å². The number of rotatable bonds is 7. The van der Waals surface area contributed by atoms with Crippen molar-refractivity contribution in [2.45, 2.75) is 31.1 Å². The maximum Gasteiger partial charge on any atom is 0.251 e. The molecule has 0 saturated heterocycles. The molecule has 0 aromatic heterocycles. The molecule has 0 saturated carbocycles. The summed E-state index contributed by atoms with van der Waals surface area (Å²) in [6.07, 6.45) is 0. The molecular weight excluding hydrogens is 364 g/mol. The summed E-state index contributed by atoms with van der Waals surface area (Å²) in [5, 5.41) is 2.74. The zero-order valence-corrected chi connectivity index (χ0v) is 16.9. The van der Waals surface area contributed by atoms with E-state index < -0.39 is 10.0 Å². The highest BCUT2D eigenvalue weighted by Gasteiger charge is 2.18. The fourth-order valence-electron chi connectivity index (χ4n) is 2.56. The number of amides is 1. The number of nitrogens with one attached hydrogen (secondary N) is 2. The monoisotopic (exact) mass is 390 g/mol. The first kappa shape index (κ1) is 20.9. The minimum atomic E-state index is -3.59. The molecular formula is C20H26N2O4S. The summed E-state index contributed by atoms with van der Waals surface area (Å²) >= 11 is 0. The fourth-order valence-corrected chi connectivity index (χ4v) is 3.34. The minimum Gasteiger partial charge on any atom is -0.491 e. The number of carbonyl (C=O) groups excluding carboxylic acids is 1. The molecule has 0 aliphatic carbocycles. The first-order valence-corrected chi connectivity index (χ1v) is 10.2. The SMILES string of the molecule is CNS(=O)(=O)c1cccc(C(=O)NCCOc2ccccc2C(C)(C)C)c1. The van der Waals surface area contributed by atoms with Crippen LogP contribution in [0.1, 0.15) is 36.7 Å². The molecule has 2 N–H and O–H groups in total. The van der Waals surface area contributed by atoms with Gasteiger partial charge in [0, 0.05) is 5.56 Å². The van der Waals surface area contributed by atoms with Gasteiger partial charge < -0.3 is 10.1 Å². The second-order valence-corrected chi connectivity index (χ2v) is 8.97. The van der Waals surface area contributed by atoms with Crippen LogP contribution in [-0.4, -0.2) is 34.5 Å². The average Bonchev–Trinajstić information content (AvgIpc) is 2.64. The summed E-state index contributed by atoms with van der Waals surface area (Å²) in [6, 6.07) is 13.7. The lowest BCUT2D eigenvalue weighted by Gasteiger charge is -2.22. The molecule has 0 unspecified atom stereocenters. The zero-order valence-electron chi connectivity index (χ0n) is 16.1. The average molecular weight is 391 g/mol. The Balaban J connectivity index is 1.96. The Kier molecular flexibility index (Phi) is 6.62. The van der Waals surface area contributed by atoms with Crippen LogP contribution in [0.2, 0.25) is 0 Å². The van der Waals surface area contributed by atoms with Gasteiger partial charge in [0.15, 0.2) is 0 Å². The van der Waals surface area contributed by atoms with Crippen LogP contribution in [0.4, 0.5) is 0 Å². The smallest absolute Gasteiger partial charge is 0.251 e. The van der Waals surface area contributed by atoms with Gasteiger partial charge in [-0.25, -0.2) is 13.1 Å². The van der Waals surface area contributed by atoms with Crippen LogP contribution in [0, 0.1) is 0 Å². The standard InChI is InChI=1S/C20H26N2O4S/c1-20(2,3)17-10-5-6-11-18(17)26-13-12-22-19(23)15-8-7-9-16(14-15)27(24,25)21-4/h5-11,14,21H,12-13H2,1-4H3,(H,22,23). The number of hydrogen-bond donors (Lipinski definition) is 2. The Bertz CT molecular complexity index is 902. The second-order valence-electron chi connectivity index (χ2n) is 7.09. The summed E-state index contributed by atoms with van der Waals surface area (Å²) in [5.41, 5.74) is 1.33. The number of ether oxygens (including phenoxy) is 1. The van der Waals surface area contributed by atoms with Crippen LogP contribution in [-0.2, 0) is 15.4 Å². The van der Waals surface area contributed by atoms with E-state index in [1.807, 2.05) is 24.3 Å². The normalized spacial score (nSPS) is 11.9. The van der Waals surface area contributed by atoms with Gasteiger partial charge in [-0.05, 0) is 42.3 Å². The second kappa shape index (κ2) is 8.54. The third kappa shape index (κ3) is 5.55. The van der Waals surface area contributed by atoms with Crippen molar-refractivity contribution in [3.63, 3.8) is 0 Å². The van der Waals surface area contributed by atoms with Gasteiger partial charge in [0.2, 0.25) is 10.0 Å². The molecule has 0 radical (unpaired) electrons. The van der Waals surface area contributed by atoms with Crippen molar-refractivity contribution < 1.29 is 17.9 Å². The molecule has 2 aromatic rings. The molecule has 0 bridgehead atoms. The van der Waals surface area contributed by atoms with E-state index in [-0.39, 0.29) is 21.8 Å². The Hall–Kier alpha value is -2.38. The minimum absolute atomic E-state index is 0.0426. The molecule has 7 heteroatoms. The van der Waals surface area contributed by atoms with E-state index in [0.29, 0.717) is 13.2 Å². The van der Waals surface area contributed by atoms with Gasteiger partial charge in [-0.2, -0.15) is 0 Å². The maximum atomic E-state index is 12.3.